The summed E-state index contributed by atoms with van der Waals surface area (Å²) in [6.45, 7) is 8.16. The van der Waals surface area contributed by atoms with Gasteiger partial charge in [-0.15, -0.1) is 0 Å². The van der Waals surface area contributed by atoms with Gasteiger partial charge in [-0.05, 0) is 13.3 Å². The highest BCUT2D eigenvalue weighted by Gasteiger charge is 1.98. The largest absolute Gasteiger partial charge is 0.115 e. The molecule has 1 rings (SSSR count). The molecule has 0 aliphatic rings. The quantitative estimate of drug-likeness (QED) is 0.518. The number of hydrogen-bond donors (Lipinski definition) is 0. The first-order chi connectivity index (χ1) is 6.72. The van der Waals surface area contributed by atoms with Gasteiger partial charge in [0.05, 0.1) is 0 Å². The molecule has 1 aromatic rings. The summed E-state index contributed by atoms with van der Waals surface area (Å²) in [5, 5.41) is 2.88. The van der Waals surface area contributed by atoms with E-state index in [0.717, 1.165) is 21.5 Å². The summed E-state index contributed by atoms with van der Waals surface area (Å²) < 4.78 is 0. The maximum atomic E-state index is 3.91. The van der Waals surface area contributed by atoms with Crippen molar-refractivity contribution in [3.63, 3.8) is 0 Å². The number of rotatable bonds is 4. The first kappa shape index (κ1) is 11.0. The van der Waals surface area contributed by atoms with Gasteiger partial charge in [0.15, 0.2) is 0 Å². The van der Waals surface area contributed by atoms with Crippen LogP contribution in [0.1, 0.15) is 20.3 Å². The fourth-order valence-electron chi connectivity index (χ4n) is 1.23. The molecule has 2 radical (unpaired) electrons. The second kappa shape index (κ2) is 5.61. The zero-order chi connectivity index (χ0) is 10.4. The summed E-state index contributed by atoms with van der Waals surface area (Å²) in [5.74, 6) is 0. The highest BCUT2D eigenvalue weighted by molar-refractivity contribution is 6.61. The molecule has 0 atom stereocenters. The van der Waals surface area contributed by atoms with Crippen molar-refractivity contribution in [1.82, 2.24) is 0 Å². The average molecular weight is 200 g/mol. The first-order valence-corrected chi connectivity index (χ1v) is 5.90. The molecule has 14 heavy (non-hydrogen) atoms. The highest BCUT2D eigenvalue weighted by Crippen LogP contribution is 2.03. The molecule has 0 spiro atoms. The Hall–Kier alpha value is -1.08. The minimum atomic E-state index is 0.789. The smallest absolute Gasteiger partial charge is 0.0961 e. The van der Waals surface area contributed by atoms with Crippen LogP contribution in [-0.2, 0) is 0 Å². The van der Waals surface area contributed by atoms with E-state index in [1.165, 1.54) is 10.4 Å². The Morgan fingerprint density at radius 2 is 2.00 bits per heavy atom. The van der Waals surface area contributed by atoms with Crippen LogP contribution in [0.3, 0.4) is 0 Å². The maximum Gasteiger partial charge on any atom is 0.115 e. The third-order valence-corrected chi connectivity index (χ3v) is 3.32. The molecule has 0 nitrogen and oxygen atoms in total. The molecule has 0 saturated carbocycles. The van der Waals surface area contributed by atoms with Crippen molar-refractivity contribution in [2.75, 3.05) is 0 Å². The van der Waals surface area contributed by atoms with Crippen molar-refractivity contribution in [1.29, 1.82) is 0 Å². The molecule has 0 amide bonds. The van der Waals surface area contributed by atoms with Gasteiger partial charge in [-0.1, -0.05) is 65.9 Å². The Labute approximate surface area is 89.2 Å². The van der Waals surface area contributed by atoms with Crippen LogP contribution < -0.4 is 5.19 Å². The SMILES string of the molecule is C=C(C)/C=C(\CC)[Si]c1ccccc1. The van der Waals surface area contributed by atoms with Crippen LogP contribution in [0.15, 0.2) is 53.8 Å². The predicted octanol–water partition coefficient (Wildman–Crippen LogP) is 2.89. The fraction of sp³-hybridized carbons (Fsp3) is 0.231. The Balaban J connectivity index is 2.71. The summed E-state index contributed by atoms with van der Waals surface area (Å²) in [6, 6.07) is 10.6. The number of allylic oxidation sites excluding steroid dienone is 3. The lowest BCUT2D eigenvalue weighted by atomic mass is 10.3. The predicted molar refractivity (Wildman–Crippen MR) is 65.0 cm³/mol. The van der Waals surface area contributed by atoms with Gasteiger partial charge in [0.25, 0.3) is 0 Å². The van der Waals surface area contributed by atoms with Gasteiger partial charge in [-0.25, -0.2) is 0 Å². The molecule has 0 aliphatic heterocycles. The molecule has 0 saturated heterocycles. The molecule has 1 aromatic carbocycles. The van der Waals surface area contributed by atoms with E-state index in [1.54, 1.807) is 0 Å². The van der Waals surface area contributed by atoms with Gasteiger partial charge in [0.1, 0.15) is 9.52 Å². The summed E-state index contributed by atoms with van der Waals surface area (Å²) in [7, 11) is 0.789. The summed E-state index contributed by atoms with van der Waals surface area (Å²) in [6.07, 6.45) is 3.31. The van der Waals surface area contributed by atoms with E-state index in [4.69, 9.17) is 0 Å². The number of benzene rings is 1. The van der Waals surface area contributed by atoms with Crippen LogP contribution >= 0.6 is 0 Å². The average Bonchev–Trinajstić information content (AvgIpc) is 2.17. The molecule has 0 heterocycles. The zero-order valence-corrected chi connectivity index (χ0v) is 9.88. The Kier molecular flexibility index (Phi) is 4.40. The Morgan fingerprint density at radius 1 is 1.36 bits per heavy atom. The summed E-state index contributed by atoms with van der Waals surface area (Å²) >= 11 is 0. The Bertz CT molecular complexity index is 322. The van der Waals surface area contributed by atoms with Gasteiger partial charge in [0.2, 0.25) is 0 Å². The van der Waals surface area contributed by atoms with Gasteiger partial charge in [-0.2, -0.15) is 0 Å². The molecule has 0 aromatic heterocycles. The molecule has 0 fully saturated rings. The molecular weight excluding hydrogens is 184 g/mol. The third kappa shape index (κ3) is 3.75. The van der Waals surface area contributed by atoms with E-state index < -0.39 is 0 Å². The second-order valence-corrected chi connectivity index (χ2v) is 4.83. The lowest BCUT2D eigenvalue weighted by Gasteiger charge is -2.03. The lowest BCUT2D eigenvalue weighted by Crippen LogP contribution is -2.15. The fourth-order valence-corrected chi connectivity index (χ4v) is 2.46. The highest BCUT2D eigenvalue weighted by atomic mass is 28.2. The van der Waals surface area contributed by atoms with Crippen LogP contribution in [0, 0.1) is 0 Å². The van der Waals surface area contributed by atoms with Crippen molar-refractivity contribution in [3.8, 4) is 0 Å². The lowest BCUT2D eigenvalue weighted by molar-refractivity contribution is 1.18. The summed E-state index contributed by atoms with van der Waals surface area (Å²) in [4.78, 5) is 0. The van der Waals surface area contributed by atoms with Crippen molar-refractivity contribution < 1.29 is 0 Å². The van der Waals surface area contributed by atoms with Gasteiger partial charge < -0.3 is 0 Å². The number of hydrogen-bond acceptors (Lipinski definition) is 0. The minimum absolute atomic E-state index is 0.789. The van der Waals surface area contributed by atoms with Crippen molar-refractivity contribution in [3.05, 3.63) is 53.8 Å². The standard InChI is InChI=1S/C13H16Si/c1-4-12(10-11(2)3)14-13-8-6-5-7-9-13/h5-10H,2,4H2,1,3H3/b12-10+. The monoisotopic (exact) mass is 200 g/mol. The molecule has 0 unspecified atom stereocenters. The van der Waals surface area contributed by atoms with Crippen molar-refractivity contribution in [2.24, 2.45) is 0 Å². The molecular formula is C13H16Si. The van der Waals surface area contributed by atoms with E-state index in [2.05, 4.69) is 49.9 Å². The van der Waals surface area contributed by atoms with Gasteiger partial charge in [0, 0.05) is 0 Å². The maximum absolute atomic E-state index is 3.91. The van der Waals surface area contributed by atoms with Gasteiger partial charge >= 0.3 is 0 Å². The normalized spacial score (nSPS) is 11.4. The van der Waals surface area contributed by atoms with E-state index in [0.29, 0.717) is 0 Å². The molecule has 72 valence electrons. The second-order valence-electron chi connectivity index (χ2n) is 3.36. The molecule has 0 N–H and O–H groups in total. The van der Waals surface area contributed by atoms with E-state index >= 15 is 0 Å². The summed E-state index contributed by atoms with van der Waals surface area (Å²) in [5.41, 5.74) is 1.14. The van der Waals surface area contributed by atoms with Crippen LogP contribution in [0.25, 0.3) is 0 Å². The topological polar surface area (TPSA) is 0 Å². The Morgan fingerprint density at radius 3 is 2.50 bits per heavy atom. The minimum Gasteiger partial charge on any atom is -0.0961 e. The molecule has 0 aliphatic carbocycles. The van der Waals surface area contributed by atoms with Gasteiger partial charge in [-0.3, -0.25) is 0 Å². The molecule has 1 heteroatoms. The van der Waals surface area contributed by atoms with Crippen LogP contribution in [-0.4, -0.2) is 9.52 Å². The van der Waals surface area contributed by atoms with Crippen molar-refractivity contribution >= 4 is 14.7 Å². The zero-order valence-electron chi connectivity index (χ0n) is 8.88. The van der Waals surface area contributed by atoms with Crippen molar-refractivity contribution in [2.45, 2.75) is 20.3 Å². The van der Waals surface area contributed by atoms with Crippen LogP contribution in [0.4, 0.5) is 0 Å². The van der Waals surface area contributed by atoms with Crippen LogP contribution in [0.5, 0.6) is 0 Å². The third-order valence-electron chi connectivity index (χ3n) is 1.88. The van der Waals surface area contributed by atoms with E-state index in [1.807, 2.05) is 6.92 Å². The van der Waals surface area contributed by atoms with E-state index in [-0.39, 0.29) is 0 Å². The first-order valence-electron chi connectivity index (χ1n) is 4.90. The van der Waals surface area contributed by atoms with E-state index in [9.17, 15) is 0 Å². The van der Waals surface area contributed by atoms with Crippen LogP contribution in [0.2, 0.25) is 0 Å². The molecule has 0 bridgehead atoms.